The molecule has 0 bridgehead atoms. The highest BCUT2D eigenvalue weighted by molar-refractivity contribution is 5.69. The van der Waals surface area contributed by atoms with Gasteiger partial charge in [0.15, 0.2) is 0 Å². The number of carboxylic acid groups (broad SMARTS) is 1. The zero-order valence-electron chi connectivity index (χ0n) is 12.6. The van der Waals surface area contributed by atoms with Gasteiger partial charge in [-0.3, -0.25) is 14.6 Å². The highest BCUT2D eigenvalue weighted by atomic mass is 16.4. The molecule has 1 aromatic rings. The summed E-state index contributed by atoms with van der Waals surface area (Å²) in [4.78, 5) is 15.2. The van der Waals surface area contributed by atoms with Crippen LogP contribution in [-0.2, 0) is 11.3 Å². The Labute approximate surface area is 125 Å². The molecule has 1 aromatic heterocycles. The molecule has 0 radical (unpaired) electrons. The van der Waals surface area contributed by atoms with Crippen molar-refractivity contribution in [1.82, 2.24) is 9.80 Å². The monoisotopic (exact) mass is 292 g/mol. The number of furan rings is 1. The Bertz CT molecular complexity index is 499. The summed E-state index contributed by atoms with van der Waals surface area (Å²) in [6.45, 7) is 6.85. The molecule has 3 rings (SSSR count). The topological polar surface area (TPSA) is 56.9 Å². The third-order valence-corrected chi connectivity index (χ3v) is 4.58. The van der Waals surface area contributed by atoms with Crippen LogP contribution in [0.2, 0.25) is 0 Å². The molecule has 1 N–H and O–H groups in total. The number of carbonyl (C=O) groups is 1. The summed E-state index contributed by atoms with van der Waals surface area (Å²) in [6.07, 6.45) is 2.27. The van der Waals surface area contributed by atoms with Crippen LogP contribution in [0, 0.1) is 5.92 Å². The lowest BCUT2D eigenvalue weighted by Gasteiger charge is -2.19. The highest BCUT2D eigenvalue weighted by Crippen LogP contribution is 2.47. The van der Waals surface area contributed by atoms with Gasteiger partial charge in [-0.1, -0.05) is 6.92 Å². The molecule has 1 saturated heterocycles. The zero-order valence-corrected chi connectivity index (χ0v) is 12.6. The van der Waals surface area contributed by atoms with E-state index in [1.54, 1.807) is 0 Å². The van der Waals surface area contributed by atoms with Gasteiger partial charge in [-0.2, -0.15) is 0 Å². The van der Waals surface area contributed by atoms with E-state index in [-0.39, 0.29) is 6.54 Å². The second-order valence-corrected chi connectivity index (χ2v) is 6.42. The molecule has 2 fully saturated rings. The summed E-state index contributed by atoms with van der Waals surface area (Å²) in [7, 11) is 0. The Hall–Kier alpha value is -1.33. The third-order valence-electron chi connectivity index (χ3n) is 4.58. The average molecular weight is 292 g/mol. The van der Waals surface area contributed by atoms with Gasteiger partial charge in [-0.15, -0.1) is 0 Å². The zero-order chi connectivity index (χ0) is 14.8. The van der Waals surface area contributed by atoms with E-state index in [2.05, 4.69) is 24.0 Å². The first-order valence-corrected chi connectivity index (χ1v) is 7.87. The first-order valence-electron chi connectivity index (χ1n) is 7.87. The maximum Gasteiger partial charge on any atom is 0.317 e. The predicted molar refractivity (Wildman–Crippen MR) is 79.2 cm³/mol. The van der Waals surface area contributed by atoms with E-state index in [1.807, 2.05) is 4.90 Å². The number of carboxylic acids is 1. The Morgan fingerprint density at radius 3 is 2.71 bits per heavy atom. The average Bonchev–Trinajstić information content (AvgIpc) is 3.04. The second kappa shape index (κ2) is 6.20. The first-order chi connectivity index (χ1) is 10.1. The smallest absolute Gasteiger partial charge is 0.317 e. The molecule has 0 spiro atoms. The van der Waals surface area contributed by atoms with E-state index in [1.165, 1.54) is 6.42 Å². The fraction of sp³-hybridized carbons (Fsp3) is 0.688. The van der Waals surface area contributed by atoms with Crippen LogP contribution < -0.4 is 0 Å². The molecule has 116 valence electrons. The van der Waals surface area contributed by atoms with Gasteiger partial charge in [-0.25, -0.2) is 0 Å². The van der Waals surface area contributed by atoms with Crippen molar-refractivity contribution in [3.8, 4) is 0 Å². The molecule has 2 aliphatic rings. The quantitative estimate of drug-likeness (QED) is 0.899. The lowest BCUT2D eigenvalue weighted by atomic mass is 10.3. The Morgan fingerprint density at radius 2 is 2.00 bits per heavy atom. The van der Waals surface area contributed by atoms with Crippen LogP contribution in [-0.4, -0.2) is 53.6 Å². The maximum absolute atomic E-state index is 10.8. The van der Waals surface area contributed by atoms with Gasteiger partial charge in [0, 0.05) is 25.6 Å². The van der Waals surface area contributed by atoms with E-state index in [9.17, 15) is 4.79 Å². The van der Waals surface area contributed by atoms with Crippen molar-refractivity contribution in [2.24, 2.45) is 5.92 Å². The molecule has 2 atom stereocenters. The van der Waals surface area contributed by atoms with Crippen LogP contribution in [0.1, 0.15) is 37.2 Å². The fourth-order valence-electron chi connectivity index (χ4n) is 3.15. The first kappa shape index (κ1) is 14.6. The number of rotatable bonds is 5. The molecule has 0 amide bonds. The van der Waals surface area contributed by atoms with Crippen LogP contribution in [0.4, 0.5) is 0 Å². The minimum Gasteiger partial charge on any atom is -0.480 e. The molecule has 21 heavy (non-hydrogen) atoms. The number of hydrogen-bond acceptors (Lipinski definition) is 4. The molecule has 5 heteroatoms. The van der Waals surface area contributed by atoms with Crippen LogP contribution >= 0.6 is 0 Å². The van der Waals surface area contributed by atoms with Crippen molar-refractivity contribution < 1.29 is 14.3 Å². The largest absolute Gasteiger partial charge is 0.480 e. The van der Waals surface area contributed by atoms with Gasteiger partial charge in [0.2, 0.25) is 0 Å². The van der Waals surface area contributed by atoms with E-state index in [0.29, 0.717) is 5.92 Å². The van der Waals surface area contributed by atoms with Crippen LogP contribution in [0.3, 0.4) is 0 Å². The Kier molecular flexibility index (Phi) is 4.31. The Balaban J connectivity index is 1.51. The number of nitrogens with zero attached hydrogens (tertiary/aromatic N) is 2. The molecule has 1 saturated carbocycles. The van der Waals surface area contributed by atoms with Crippen molar-refractivity contribution in [2.75, 3.05) is 32.7 Å². The van der Waals surface area contributed by atoms with Gasteiger partial charge < -0.3 is 9.52 Å². The molecule has 1 aliphatic heterocycles. The third kappa shape index (κ3) is 3.86. The van der Waals surface area contributed by atoms with E-state index < -0.39 is 5.97 Å². The molecule has 1 aliphatic carbocycles. The summed E-state index contributed by atoms with van der Waals surface area (Å²) in [6, 6.07) is 4.22. The number of hydrogen-bond donors (Lipinski definition) is 1. The van der Waals surface area contributed by atoms with E-state index in [0.717, 1.165) is 56.6 Å². The maximum atomic E-state index is 10.8. The van der Waals surface area contributed by atoms with Gasteiger partial charge in [0.1, 0.15) is 11.5 Å². The Morgan fingerprint density at radius 1 is 1.29 bits per heavy atom. The standard InChI is InChI=1S/C16H24N2O3/c1-12-9-14(12)15-4-3-13(21-15)10-17-5-2-6-18(8-7-17)11-16(19)20/h3-4,12,14H,2,5-11H2,1H3,(H,19,20). The lowest BCUT2D eigenvalue weighted by molar-refractivity contribution is -0.138. The highest BCUT2D eigenvalue weighted by Gasteiger charge is 2.36. The van der Waals surface area contributed by atoms with Gasteiger partial charge >= 0.3 is 5.97 Å². The molecule has 2 unspecified atom stereocenters. The van der Waals surface area contributed by atoms with Crippen molar-refractivity contribution in [3.63, 3.8) is 0 Å². The summed E-state index contributed by atoms with van der Waals surface area (Å²) in [5.74, 6) is 2.84. The molecular formula is C16H24N2O3. The summed E-state index contributed by atoms with van der Waals surface area (Å²) in [5, 5.41) is 8.87. The van der Waals surface area contributed by atoms with E-state index in [4.69, 9.17) is 9.52 Å². The minimum absolute atomic E-state index is 0.151. The molecule has 2 heterocycles. The molecule has 0 aromatic carbocycles. The summed E-state index contributed by atoms with van der Waals surface area (Å²) >= 11 is 0. The fourth-order valence-corrected chi connectivity index (χ4v) is 3.15. The van der Waals surface area contributed by atoms with Gasteiger partial charge in [0.05, 0.1) is 13.1 Å². The van der Waals surface area contributed by atoms with Crippen molar-refractivity contribution >= 4 is 5.97 Å². The minimum atomic E-state index is -0.738. The number of aliphatic carboxylic acids is 1. The summed E-state index contributed by atoms with van der Waals surface area (Å²) in [5.41, 5.74) is 0. The summed E-state index contributed by atoms with van der Waals surface area (Å²) < 4.78 is 5.96. The van der Waals surface area contributed by atoms with E-state index >= 15 is 0 Å². The van der Waals surface area contributed by atoms with Crippen molar-refractivity contribution in [2.45, 2.75) is 32.2 Å². The SMILES string of the molecule is CC1CC1c1ccc(CN2CCCN(CC(=O)O)CC2)o1. The van der Waals surface area contributed by atoms with Gasteiger partial charge in [0.25, 0.3) is 0 Å². The lowest BCUT2D eigenvalue weighted by Crippen LogP contribution is -2.33. The van der Waals surface area contributed by atoms with Crippen LogP contribution in [0.25, 0.3) is 0 Å². The molecule has 5 nitrogen and oxygen atoms in total. The second-order valence-electron chi connectivity index (χ2n) is 6.42. The predicted octanol–water partition coefficient (Wildman–Crippen LogP) is 2.00. The van der Waals surface area contributed by atoms with Crippen LogP contribution in [0.5, 0.6) is 0 Å². The van der Waals surface area contributed by atoms with Crippen LogP contribution in [0.15, 0.2) is 16.5 Å². The van der Waals surface area contributed by atoms with Crippen molar-refractivity contribution in [3.05, 3.63) is 23.7 Å². The molecular weight excluding hydrogens is 268 g/mol. The normalized spacial score (nSPS) is 27.5. The van der Waals surface area contributed by atoms with Crippen molar-refractivity contribution in [1.29, 1.82) is 0 Å². The van der Waals surface area contributed by atoms with Gasteiger partial charge in [-0.05, 0) is 37.4 Å².